The van der Waals surface area contributed by atoms with Crippen LogP contribution in [0.4, 0.5) is 51.2 Å². The van der Waals surface area contributed by atoms with E-state index < -0.39 is 59.4 Å². The van der Waals surface area contributed by atoms with Crippen molar-refractivity contribution >= 4 is 140 Å². The van der Waals surface area contributed by atoms with Gasteiger partial charge in [-0.15, -0.1) is 0 Å². The Hall–Kier alpha value is -18.1. The number of benzene rings is 13. The Morgan fingerprint density at radius 1 is 0.192 bits per heavy atom. The molecule has 0 bridgehead atoms. The molecule has 0 heterocycles. The van der Waals surface area contributed by atoms with Crippen molar-refractivity contribution in [2.75, 3.05) is 47.9 Å². The van der Waals surface area contributed by atoms with E-state index in [-0.39, 0.29) is 85.3 Å². The number of carbonyl (C=O) groups excluding carboxylic acids is 9. The monoisotopic (exact) mass is 1750 g/mol. The quantitative estimate of drug-likeness (QED) is 0.0283. The lowest BCUT2D eigenvalue weighted by Crippen LogP contribution is -2.18. The molecule has 130 heavy (non-hydrogen) atoms. The van der Waals surface area contributed by atoms with Crippen LogP contribution in [-0.4, -0.2) is 120 Å². The van der Waals surface area contributed by atoms with E-state index in [1.54, 1.807) is 177 Å². The topological polar surface area (TPSA) is 486 Å². The number of amides is 9. The molecule has 15 N–H and O–H groups in total. The maximum atomic E-state index is 12.8. The number of rotatable bonds is 23. The Morgan fingerprint density at radius 3 is 1.00 bits per heavy atom. The van der Waals surface area contributed by atoms with Gasteiger partial charge >= 0.3 is 35.8 Å². The van der Waals surface area contributed by atoms with Gasteiger partial charge in [0.25, 0.3) is 41.4 Å². The zero-order chi connectivity index (χ0) is 94.4. The maximum absolute atomic E-state index is 12.8. The molecule has 13 aromatic carbocycles. The number of nitrogens with one attached hydrogen (secondary N) is 9. The standard InChI is InChI=1S/3C22H18N2O4.C17H16N2O4.C17H15NO5/c1-14-7-2-5-12-19(14)24-20(25)15-8-6-9-16(13-15)23-21(26)17-10-3-4-11-18(17)22(27)28;1-14(25)23-15-10-12-16(13-11-15)24-21(26)19-8-4-2-6-17(19)18-7-3-5-9-20(18)22(27)28;1-14-9-11-16(12-10-14)23-20(25)15-5-4-6-17(13-15)24-21(26)18-7-2-3-8-19(18)22(27)28;1-10-3-8-15(14(9-10)17(22)23)19-16(21)12-4-6-13(7-5-12)18-11(2)20;1-9-3-6-14(10(2)7-9)18-15(19)12-5-4-11(16(20)21)8-13(12)17(22)23/h2-13H,1H3,(H,23,26)(H,24,25)(H,27,28);2*2-13H,1H3,(H,23,25)(H,24,26)(H,27,28);3-9H,1-2H3,(H,18,20)(H,19,21)(H,22,23);3-8H,1-2H3,(H,18,19)(H,20,21)(H,22,23). The molecule has 0 aliphatic rings. The van der Waals surface area contributed by atoms with E-state index in [0.717, 1.165) is 33.9 Å². The zero-order valence-electron chi connectivity index (χ0n) is 70.6. The van der Waals surface area contributed by atoms with Gasteiger partial charge < -0.3 is 78.5 Å². The fourth-order valence-corrected chi connectivity index (χ4v) is 12.5. The van der Waals surface area contributed by atoms with Gasteiger partial charge in [0.15, 0.2) is 0 Å². The number of aromatic carboxylic acids is 6. The van der Waals surface area contributed by atoms with Crippen LogP contribution in [0.1, 0.15) is 176 Å². The van der Waals surface area contributed by atoms with E-state index >= 15 is 0 Å². The van der Waals surface area contributed by atoms with Gasteiger partial charge in [0.05, 0.1) is 55.8 Å². The van der Waals surface area contributed by atoms with Crippen LogP contribution in [0.15, 0.2) is 297 Å². The minimum Gasteiger partial charge on any atom is -0.478 e. The predicted molar refractivity (Wildman–Crippen MR) is 492 cm³/mol. The predicted octanol–water partition coefficient (Wildman–Crippen LogP) is 18.5. The Morgan fingerprint density at radius 2 is 0.523 bits per heavy atom. The van der Waals surface area contributed by atoms with Gasteiger partial charge in [-0.3, -0.25) is 43.2 Å². The average molecular weight is 1750 g/mol. The number of anilines is 9. The molecular formula is C100H85N9O21. The molecule has 9 amide bonds. The summed E-state index contributed by atoms with van der Waals surface area (Å²) in [5, 5.41) is 79.4. The molecule has 0 aliphatic carbocycles. The van der Waals surface area contributed by atoms with Crippen molar-refractivity contribution in [3.05, 3.63) is 397 Å². The largest absolute Gasteiger partial charge is 0.478 e. The number of hydrogen-bond donors (Lipinski definition) is 15. The van der Waals surface area contributed by atoms with Crippen LogP contribution in [0.5, 0.6) is 0 Å². The summed E-state index contributed by atoms with van der Waals surface area (Å²) in [6.07, 6.45) is 0. The summed E-state index contributed by atoms with van der Waals surface area (Å²) < 4.78 is 0. The second-order valence-electron chi connectivity index (χ2n) is 28.7. The minimum absolute atomic E-state index is 0.0354. The third kappa shape index (κ3) is 27.5. The van der Waals surface area contributed by atoms with Crippen LogP contribution >= 0.6 is 0 Å². The van der Waals surface area contributed by atoms with Crippen molar-refractivity contribution in [1.29, 1.82) is 0 Å². The van der Waals surface area contributed by atoms with Gasteiger partial charge in [-0.2, -0.15) is 0 Å². The fraction of sp³-hybridized carbons (Fsp3) is 0.0700. The smallest absolute Gasteiger partial charge is 0.337 e. The van der Waals surface area contributed by atoms with Gasteiger partial charge in [0.2, 0.25) is 11.8 Å². The molecule has 13 rings (SSSR count). The third-order valence-corrected chi connectivity index (χ3v) is 18.8. The van der Waals surface area contributed by atoms with Crippen LogP contribution < -0.4 is 47.9 Å². The summed E-state index contributed by atoms with van der Waals surface area (Å²) in [4.78, 5) is 177. The summed E-state index contributed by atoms with van der Waals surface area (Å²) in [6.45, 7) is 12.2. The van der Waals surface area contributed by atoms with E-state index in [1.807, 2.05) is 88.4 Å². The zero-order valence-corrected chi connectivity index (χ0v) is 70.6. The molecule has 0 fully saturated rings. The van der Waals surface area contributed by atoms with Crippen molar-refractivity contribution in [3.63, 3.8) is 0 Å². The normalized spacial score (nSPS) is 10.1. The van der Waals surface area contributed by atoms with Crippen molar-refractivity contribution in [1.82, 2.24) is 0 Å². The molecule has 0 saturated heterocycles. The van der Waals surface area contributed by atoms with Gasteiger partial charge in [-0.05, 0) is 233 Å². The van der Waals surface area contributed by atoms with Crippen molar-refractivity contribution < 1.29 is 103 Å². The van der Waals surface area contributed by atoms with Crippen LogP contribution in [-0.2, 0) is 9.59 Å². The second kappa shape index (κ2) is 45.3. The SMILES string of the molecule is CC(=O)Nc1ccc(C(=O)Nc2ccc(C)cc2C(=O)O)cc1.CC(=O)Nc1ccc(NC(=O)c2ccccc2-c2ccccc2C(=O)O)cc1.Cc1ccc(NC(=O)c2ccc(C(=O)O)cc2C(=O)O)c(C)c1.Cc1ccc(NC(=O)c2cccc(NC(=O)c3ccccc3C(=O)O)c2)cc1.Cc1ccccc1NC(=O)c1cccc(NC(=O)c2ccccc2C(=O)O)c1. The molecule has 30 nitrogen and oxygen atoms in total. The van der Waals surface area contributed by atoms with Crippen LogP contribution in [0, 0.1) is 34.6 Å². The number of carbonyl (C=O) groups is 15. The van der Waals surface area contributed by atoms with Crippen LogP contribution in [0.2, 0.25) is 0 Å². The summed E-state index contributed by atoms with van der Waals surface area (Å²) in [6, 6.07) is 79.6. The van der Waals surface area contributed by atoms with Gasteiger partial charge in [-0.25, -0.2) is 28.8 Å². The van der Waals surface area contributed by atoms with Crippen molar-refractivity contribution in [2.24, 2.45) is 0 Å². The molecule has 0 saturated carbocycles. The Kier molecular flexibility index (Phi) is 33.4. The van der Waals surface area contributed by atoms with E-state index in [4.69, 9.17) is 5.11 Å². The van der Waals surface area contributed by atoms with Gasteiger partial charge in [0.1, 0.15) is 0 Å². The minimum atomic E-state index is -1.36. The van der Waals surface area contributed by atoms with E-state index in [9.17, 15) is 97.5 Å². The third-order valence-electron chi connectivity index (χ3n) is 18.8. The average Bonchev–Trinajstić information content (AvgIpc) is 0.828. The summed E-state index contributed by atoms with van der Waals surface area (Å²) in [5.74, 6) is -10.7. The highest BCUT2D eigenvalue weighted by Gasteiger charge is 2.24. The van der Waals surface area contributed by atoms with Crippen molar-refractivity contribution in [2.45, 2.75) is 48.5 Å². The molecule has 30 heteroatoms. The molecule has 0 atom stereocenters. The molecule has 0 spiro atoms. The number of aryl methyl sites for hydroxylation is 5. The Bertz CT molecular complexity index is 6530. The van der Waals surface area contributed by atoms with E-state index in [1.165, 1.54) is 74.5 Å². The molecule has 656 valence electrons. The molecule has 13 aromatic rings. The highest BCUT2D eigenvalue weighted by Crippen LogP contribution is 2.30. The molecule has 0 radical (unpaired) electrons. The molecule has 0 aromatic heterocycles. The van der Waals surface area contributed by atoms with Gasteiger partial charge in [0, 0.05) is 81.6 Å². The number of para-hydroxylation sites is 1. The Labute approximate surface area is 743 Å². The summed E-state index contributed by atoms with van der Waals surface area (Å²) >= 11 is 0. The number of carboxylic acids is 6. The van der Waals surface area contributed by atoms with E-state index in [0.29, 0.717) is 78.9 Å². The lowest BCUT2D eigenvalue weighted by Gasteiger charge is -2.12. The first-order valence-electron chi connectivity index (χ1n) is 39.4. The summed E-state index contributed by atoms with van der Waals surface area (Å²) in [7, 11) is 0. The first kappa shape index (κ1) is 95.7. The molecule has 0 aliphatic heterocycles. The lowest BCUT2D eigenvalue weighted by atomic mass is 9.95. The number of hydrogen-bond acceptors (Lipinski definition) is 15. The summed E-state index contributed by atoms with van der Waals surface area (Å²) in [5.41, 5.74) is 11.3. The van der Waals surface area contributed by atoms with Gasteiger partial charge in [-0.1, -0.05) is 138 Å². The van der Waals surface area contributed by atoms with Crippen LogP contribution in [0.25, 0.3) is 11.1 Å². The molecular weight excluding hydrogens is 1660 g/mol. The fourth-order valence-electron chi connectivity index (χ4n) is 12.5. The lowest BCUT2D eigenvalue weighted by molar-refractivity contribution is -0.115. The van der Waals surface area contributed by atoms with Crippen molar-refractivity contribution in [3.8, 4) is 11.1 Å². The second-order valence-corrected chi connectivity index (χ2v) is 28.7. The first-order chi connectivity index (χ1) is 62.0. The highest BCUT2D eigenvalue weighted by atomic mass is 16.4. The Balaban J connectivity index is 0.000000184. The van der Waals surface area contributed by atoms with E-state index in [2.05, 4.69) is 47.9 Å². The van der Waals surface area contributed by atoms with Crippen LogP contribution in [0.3, 0.4) is 0 Å². The highest BCUT2D eigenvalue weighted by molar-refractivity contribution is 6.16. The number of carboxylic acid groups (broad SMARTS) is 6. The maximum Gasteiger partial charge on any atom is 0.337 e. The first-order valence-corrected chi connectivity index (χ1v) is 39.4. The molecule has 0 unspecified atom stereocenters.